The fourth-order valence-electron chi connectivity index (χ4n) is 5.92. The molecule has 0 radical (unpaired) electrons. The number of ether oxygens (including phenoxy) is 2. The quantitative estimate of drug-likeness (QED) is 0.0216. The van der Waals surface area contributed by atoms with Crippen molar-refractivity contribution in [2.75, 3.05) is 54.1 Å². The standard InChI is InChI=1S/C47H86NO7P/c1-6-8-10-12-14-16-18-20-22-23-24-25-27-29-31-33-35-37-39-42-52-44-46(45-54-56(50,51)53-43-41-48(3,4)5)55-47(49)40-38-36-34-32-30-28-26-21-19-17-15-13-11-9-7-2/h9,11,15,17,21,26,30,32,36,38,46H,6-8,10,12-14,16,18-20,22-25,27-29,31,33-35,37,39-45H2,1-5H3/p+1/b11-9-,17-15-,26-21-,32-30-,38-36-. The predicted octanol–water partition coefficient (Wildman–Crippen LogP) is 13.3. The zero-order chi connectivity index (χ0) is 41.3. The molecule has 2 atom stereocenters. The van der Waals surface area contributed by atoms with E-state index in [9.17, 15) is 14.3 Å². The topological polar surface area (TPSA) is 91.3 Å². The van der Waals surface area contributed by atoms with Gasteiger partial charge in [0.1, 0.15) is 19.3 Å². The maximum absolute atomic E-state index is 12.6. The number of phosphoric acid groups is 1. The van der Waals surface area contributed by atoms with E-state index in [-0.39, 0.29) is 26.2 Å². The van der Waals surface area contributed by atoms with Crippen molar-refractivity contribution in [3.05, 3.63) is 60.8 Å². The van der Waals surface area contributed by atoms with Crippen molar-refractivity contribution in [1.82, 2.24) is 0 Å². The van der Waals surface area contributed by atoms with Crippen LogP contribution in [0.3, 0.4) is 0 Å². The second-order valence-electron chi connectivity index (χ2n) is 16.1. The van der Waals surface area contributed by atoms with Gasteiger partial charge in [-0.3, -0.25) is 13.8 Å². The smallest absolute Gasteiger partial charge is 0.457 e. The van der Waals surface area contributed by atoms with E-state index >= 15 is 0 Å². The van der Waals surface area contributed by atoms with E-state index in [2.05, 4.69) is 62.5 Å². The summed E-state index contributed by atoms with van der Waals surface area (Å²) in [6.07, 6.45) is 50.1. The largest absolute Gasteiger partial charge is 0.472 e. The van der Waals surface area contributed by atoms with Gasteiger partial charge in [0.15, 0.2) is 0 Å². The lowest BCUT2D eigenvalue weighted by Gasteiger charge is -2.24. The lowest BCUT2D eigenvalue weighted by Crippen LogP contribution is -2.37. The zero-order valence-electron chi connectivity index (χ0n) is 36.9. The number of phosphoric ester groups is 1. The van der Waals surface area contributed by atoms with Gasteiger partial charge in [-0.1, -0.05) is 190 Å². The third kappa shape index (κ3) is 43.3. The molecule has 8 nitrogen and oxygen atoms in total. The van der Waals surface area contributed by atoms with E-state index in [1.165, 1.54) is 109 Å². The Morgan fingerprint density at radius 2 is 0.964 bits per heavy atom. The van der Waals surface area contributed by atoms with E-state index in [0.29, 0.717) is 17.6 Å². The zero-order valence-corrected chi connectivity index (χ0v) is 37.7. The molecule has 0 bridgehead atoms. The molecular weight excluding hydrogens is 721 g/mol. The van der Waals surface area contributed by atoms with E-state index in [1.54, 1.807) is 6.08 Å². The van der Waals surface area contributed by atoms with Gasteiger partial charge in [-0.05, 0) is 38.5 Å². The minimum atomic E-state index is -4.30. The minimum Gasteiger partial charge on any atom is -0.457 e. The van der Waals surface area contributed by atoms with Gasteiger partial charge in [-0.2, -0.15) is 0 Å². The van der Waals surface area contributed by atoms with Crippen molar-refractivity contribution in [3.8, 4) is 0 Å². The number of nitrogens with zero attached hydrogens (tertiary/aromatic N) is 1. The third-order valence-electron chi connectivity index (χ3n) is 9.38. The first-order valence-electron chi connectivity index (χ1n) is 22.5. The fraction of sp³-hybridized carbons (Fsp3) is 0.766. The van der Waals surface area contributed by atoms with E-state index in [1.807, 2.05) is 27.2 Å². The average molecular weight is 809 g/mol. The second-order valence-corrected chi connectivity index (χ2v) is 17.5. The molecule has 0 heterocycles. The number of quaternary nitrogens is 1. The van der Waals surface area contributed by atoms with Crippen molar-refractivity contribution in [2.24, 2.45) is 0 Å². The Hall–Kier alpha value is -1.80. The van der Waals surface area contributed by atoms with Crippen LogP contribution in [0.4, 0.5) is 0 Å². The molecule has 0 amide bonds. The number of likely N-dealkylation sites (N-methyl/N-ethyl adjacent to an activating group) is 1. The van der Waals surface area contributed by atoms with Crippen molar-refractivity contribution in [2.45, 2.75) is 180 Å². The molecule has 0 rings (SSSR count). The molecule has 0 aromatic heterocycles. The number of esters is 1. The van der Waals surface area contributed by atoms with Gasteiger partial charge >= 0.3 is 13.8 Å². The Kier molecular flexibility index (Phi) is 38.7. The van der Waals surface area contributed by atoms with Crippen LogP contribution in [-0.2, 0) is 27.9 Å². The summed E-state index contributed by atoms with van der Waals surface area (Å²) in [6, 6.07) is 0. The summed E-state index contributed by atoms with van der Waals surface area (Å²) in [5.41, 5.74) is 0. The summed E-state index contributed by atoms with van der Waals surface area (Å²) in [7, 11) is 1.61. The Morgan fingerprint density at radius 1 is 0.554 bits per heavy atom. The highest BCUT2D eigenvalue weighted by atomic mass is 31.2. The van der Waals surface area contributed by atoms with Crippen LogP contribution in [0.15, 0.2) is 60.8 Å². The van der Waals surface area contributed by atoms with Gasteiger partial charge in [0.25, 0.3) is 0 Å². The summed E-state index contributed by atoms with van der Waals surface area (Å²) >= 11 is 0. The predicted molar refractivity (Wildman–Crippen MR) is 238 cm³/mol. The molecule has 0 aliphatic rings. The summed E-state index contributed by atoms with van der Waals surface area (Å²) in [6.45, 7) is 5.38. The van der Waals surface area contributed by atoms with E-state index < -0.39 is 19.9 Å². The molecule has 0 aromatic carbocycles. The van der Waals surface area contributed by atoms with Crippen molar-refractivity contribution in [1.29, 1.82) is 0 Å². The van der Waals surface area contributed by atoms with Crippen LogP contribution in [0.2, 0.25) is 0 Å². The number of hydrogen-bond acceptors (Lipinski definition) is 6. The Labute approximate surface area is 345 Å². The summed E-state index contributed by atoms with van der Waals surface area (Å²) in [4.78, 5) is 22.8. The monoisotopic (exact) mass is 809 g/mol. The summed E-state index contributed by atoms with van der Waals surface area (Å²) in [5.74, 6) is -0.439. The van der Waals surface area contributed by atoms with Crippen molar-refractivity contribution < 1.29 is 37.3 Å². The number of carbonyl (C=O) groups excluding carboxylic acids is 1. The maximum Gasteiger partial charge on any atom is 0.472 e. The first-order chi connectivity index (χ1) is 27.1. The number of carbonyl (C=O) groups is 1. The molecule has 0 spiro atoms. The molecule has 56 heavy (non-hydrogen) atoms. The molecule has 9 heteroatoms. The highest BCUT2D eigenvalue weighted by Gasteiger charge is 2.26. The molecule has 0 saturated heterocycles. The van der Waals surface area contributed by atoms with Crippen molar-refractivity contribution >= 4 is 13.8 Å². The first kappa shape index (κ1) is 54.2. The normalized spacial score (nSPS) is 14.3. The summed E-state index contributed by atoms with van der Waals surface area (Å²) < 4.78 is 34.9. The lowest BCUT2D eigenvalue weighted by molar-refractivity contribution is -0.870. The van der Waals surface area contributed by atoms with Crippen LogP contribution in [0.1, 0.15) is 174 Å². The van der Waals surface area contributed by atoms with Crippen LogP contribution in [0.25, 0.3) is 0 Å². The lowest BCUT2D eigenvalue weighted by atomic mass is 10.0. The highest BCUT2D eigenvalue weighted by Crippen LogP contribution is 2.43. The number of allylic oxidation sites excluding steroid dienone is 9. The minimum absolute atomic E-state index is 0.0711. The summed E-state index contributed by atoms with van der Waals surface area (Å²) in [5, 5.41) is 0. The molecule has 0 aliphatic heterocycles. The third-order valence-corrected chi connectivity index (χ3v) is 10.4. The number of rotatable bonds is 41. The highest BCUT2D eigenvalue weighted by molar-refractivity contribution is 7.47. The van der Waals surface area contributed by atoms with Gasteiger partial charge in [0.05, 0.1) is 40.8 Å². The van der Waals surface area contributed by atoms with Gasteiger partial charge in [-0.15, -0.1) is 0 Å². The molecule has 0 aromatic rings. The van der Waals surface area contributed by atoms with Crippen LogP contribution in [0.5, 0.6) is 0 Å². The van der Waals surface area contributed by atoms with E-state index in [0.717, 1.165) is 44.9 Å². The van der Waals surface area contributed by atoms with E-state index in [4.69, 9.17) is 18.5 Å². The Balaban J connectivity index is 4.30. The van der Waals surface area contributed by atoms with Gasteiger partial charge in [0, 0.05) is 6.61 Å². The first-order valence-corrected chi connectivity index (χ1v) is 24.0. The SMILES string of the molecule is CC/C=C\C/C=C\C/C=C\C/C=C\C/C=C\CC(=O)OC(COCCCCCCCCCCCCCCCCCCCCC)COP(=O)(O)OCC[N+](C)(C)C. The Morgan fingerprint density at radius 3 is 1.39 bits per heavy atom. The number of hydrogen-bond donors (Lipinski definition) is 1. The second kappa shape index (κ2) is 40.0. The van der Waals surface area contributed by atoms with Crippen LogP contribution < -0.4 is 0 Å². The number of unbranched alkanes of at least 4 members (excludes halogenated alkanes) is 18. The molecule has 1 N–H and O–H groups in total. The molecule has 0 saturated carbocycles. The fourth-order valence-corrected chi connectivity index (χ4v) is 6.66. The molecule has 0 aliphatic carbocycles. The maximum atomic E-state index is 12.6. The molecule has 0 fully saturated rings. The molecular formula is C47H87NO7P+. The van der Waals surface area contributed by atoms with Gasteiger partial charge in [-0.25, -0.2) is 4.57 Å². The van der Waals surface area contributed by atoms with Crippen LogP contribution in [-0.4, -0.2) is 75.6 Å². The van der Waals surface area contributed by atoms with Gasteiger partial charge < -0.3 is 18.9 Å². The molecule has 326 valence electrons. The molecule has 2 unspecified atom stereocenters. The Bertz CT molecular complexity index is 1080. The van der Waals surface area contributed by atoms with Crippen LogP contribution >= 0.6 is 7.82 Å². The average Bonchev–Trinajstić information content (AvgIpc) is 3.15. The van der Waals surface area contributed by atoms with Crippen molar-refractivity contribution in [3.63, 3.8) is 0 Å². The van der Waals surface area contributed by atoms with Gasteiger partial charge in [0.2, 0.25) is 0 Å². The van der Waals surface area contributed by atoms with Crippen LogP contribution in [0, 0.1) is 0 Å².